The topological polar surface area (TPSA) is 8.17 Å². The molecule has 0 fully saturated rings. The van der Waals surface area contributed by atoms with E-state index in [4.69, 9.17) is 0 Å². The molecule has 55 heavy (non-hydrogen) atoms. The van der Waals surface area contributed by atoms with Gasteiger partial charge in [-0.25, -0.2) is 0 Å². The van der Waals surface area contributed by atoms with Gasteiger partial charge in [0.2, 0.25) is 0 Å². The van der Waals surface area contributed by atoms with E-state index in [9.17, 15) is 0 Å². The first-order valence-corrected chi connectivity index (χ1v) is 19.6. The zero-order chi connectivity index (χ0) is 36.3. The highest BCUT2D eigenvalue weighted by molar-refractivity contribution is 7.26. The Balaban J connectivity index is 1.05. The first-order chi connectivity index (χ1) is 27.3. The number of hydrogen-bond acceptors (Lipinski definition) is 2. The van der Waals surface area contributed by atoms with E-state index in [0.717, 1.165) is 17.1 Å². The highest BCUT2D eigenvalue weighted by Gasteiger charge is 2.18. The molecule has 0 bridgehead atoms. The van der Waals surface area contributed by atoms with Crippen LogP contribution in [0.25, 0.3) is 80.7 Å². The van der Waals surface area contributed by atoms with Gasteiger partial charge in [-0.05, 0) is 99.8 Å². The number of rotatable bonds is 6. The average molecular weight is 719 g/mol. The molecule has 0 amide bonds. The third-order valence-electron chi connectivity index (χ3n) is 11.0. The third-order valence-corrected chi connectivity index (χ3v) is 12.2. The molecule has 0 aliphatic heterocycles. The number of hydrogen-bond donors (Lipinski definition) is 0. The van der Waals surface area contributed by atoms with Gasteiger partial charge in [0.1, 0.15) is 0 Å². The van der Waals surface area contributed by atoms with Crippen LogP contribution in [0.4, 0.5) is 17.1 Å². The smallest absolute Gasteiger partial charge is 0.0640 e. The summed E-state index contributed by atoms with van der Waals surface area (Å²) in [5.41, 5.74) is 11.8. The molecule has 0 atom stereocenters. The molecule has 0 aliphatic carbocycles. The Morgan fingerprint density at radius 3 is 1.85 bits per heavy atom. The molecule has 9 aromatic carbocycles. The van der Waals surface area contributed by atoms with Crippen LogP contribution in [0.15, 0.2) is 206 Å². The Kier molecular flexibility index (Phi) is 7.39. The SMILES string of the molecule is c1ccc(-c2ccc(N(c3cccc(-c4ccc5c(c4)c4ccccc4n5-c4cccc5c4sc4ccccc45)c3)c3ccc4ccccc4c3)cc2)cc1. The van der Waals surface area contributed by atoms with Gasteiger partial charge in [-0.3, -0.25) is 0 Å². The Morgan fingerprint density at radius 1 is 0.345 bits per heavy atom. The summed E-state index contributed by atoms with van der Waals surface area (Å²) < 4.78 is 5.09. The van der Waals surface area contributed by atoms with E-state index < -0.39 is 0 Å². The number of aromatic nitrogens is 1. The van der Waals surface area contributed by atoms with Crippen molar-refractivity contribution in [1.82, 2.24) is 4.57 Å². The molecule has 3 heteroatoms. The van der Waals surface area contributed by atoms with Crippen LogP contribution in [0.5, 0.6) is 0 Å². The Morgan fingerprint density at radius 2 is 0.964 bits per heavy atom. The van der Waals surface area contributed by atoms with Crippen molar-refractivity contribution in [3.05, 3.63) is 206 Å². The zero-order valence-electron chi connectivity index (χ0n) is 29.9. The van der Waals surface area contributed by atoms with E-state index in [1.165, 1.54) is 80.7 Å². The van der Waals surface area contributed by atoms with Gasteiger partial charge in [-0.1, -0.05) is 140 Å². The minimum absolute atomic E-state index is 1.11. The van der Waals surface area contributed by atoms with E-state index >= 15 is 0 Å². The highest BCUT2D eigenvalue weighted by Crippen LogP contribution is 2.43. The van der Waals surface area contributed by atoms with E-state index in [2.05, 4.69) is 216 Å². The summed E-state index contributed by atoms with van der Waals surface area (Å²) in [7, 11) is 0. The maximum absolute atomic E-state index is 2.46. The number of fused-ring (bicyclic) bond motifs is 7. The summed E-state index contributed by atoms with van der Waals surface area (Å²) in [6.45, 7) is 0. The summed E-state index contributed by atoms with van der Waals surface area (Å²) in [6.07, 6.45) is 0. The number of thiophene rings is 1. The van der Waals surface area contributed by atoms with Crippen molar-refractivity contribution in [2.24, 2.45) is 0 Å². The first kappa shape index (κ1) is 31.6. The van der Waals surface area contributed by atoms with E-state index in [1.807, 2.05) is 11.3 Å². The van der Waals surface area contributed by atoms with Crippen LogP contribution in [0, 0.1) is 0 Å². The minimum atomic E-state index is 1.11. The number of benzene rings is 9. The molecule has 0 aliphatic rings. The standard InChI is InChI=1S/C52H34N2S/c1-2-12-35(13-3-1)37-24-28-41(29-25-37)53(43-30-26-36-14-4-5-15-38(36)32-43)42-17-10-16-39(33-42)40-27-31-49-47(34-40)44-18-6-8-21-48(44)54(49)50-22-11-20-46-45-19-7-9-23-51(45)55-52(46)50/h1-34H. The normalized spacial score (nSPS) is 11.6. The second-order valence-corrected chi connectivity index (χ2v) is 15.2. The van der Waals surface area contributed by atoms with Gasteiger partial charge in [0.05, 0.1) is 21.4 Å². The molecule has 0 unspecified atom stereocenters. The van der Waals surface area contributed by atoms with Gasteiger partial charge in [0.25, 0.3) is 0 Å². The molecule has 2 aromatic heterocycles. The fraction of sp³-hybridized carbons (Fsp3) is 0. The lowest BCUT2D eigenvalue weighted by molar-refractivity contribution is 1.20. The van der Waals surface area contributed by atoms with Gasteiger partial charge in [0, 0.05) is 43.3 Å². The summed E-state index contributed by atoms with van der Waals surface area (Å²) in [5, 5.41) is 7.58. The third kappa shape index (κ3) is 5.32. The lowest BCUT2D eigenvalue weighted by Crippen LogP contribution is -2.10. The molecular weight excluding hydrogens is 685 g/mol. The summed E-state index contributed by atoms with van der Waals surface area (Å²) in [6, 6.07) is 75.1. The monoisotopic (exact) mass is 718 g/mol. The van der Waals surface area contributed by atoms with E-state index in [1.54, 1.807) is 0 Å². The van der Waals surface area contributed by atoms with Gasteiger partial charge in [0.15, 0.2) is 0 Å². The lowest BCUT2D eigenvalue weighted by Gasteiger charge is -2.26. The molecule has 2 heterocycles. The average Bonchev–Trinajstić information content (AvgIpc) is 3.80. The predicted molar refractivity (Wildman–Crippen MR) is 237 cm³/mol. The molecule has 0 N–H and O–H groups in total. The molecule has 0 saturated heterocycles. The van der Waals surface area contributed by atoms with Crippen molar-refractivity contribution >= 4 is 81.1 Å². The summed E-state index contributed by atoms with van der Waals surface area (Å²) >= 11 is 1.88. The van der Waals surface area contributed by atoms with Crippen LogP contribution in [-0.2, 0) is 0 Å². The van der Waals surface area contributed by atoms with Crippen LogP contribution >= 0.6 is 11.3 Å². The molecule has 0 spiro atoms. The van der Waals surface area contributed by atoms with Crippen molar-refractivity contribution in [3.8, 4) is 27.9 Å². The van der Waals surface area contributed by atoms with Crippen molar-refractivity contribution < 1.29 is 0 Å². The number of para-hydroxylation sites is 1. The molecule has 0 saturated carbocycles. The van der Waals surface area contributed by atoms with Crippen molar-refractivity contribution in [2.45, 2.75) is 0 Å². The highest BCUT2D eigenvalue weighted by atomic mass is 32.1. The largest absolute Gasteiger partial charge is 0.310 e. The number of anilines is 3. The molecule has 0 radical (unpaired) electrons. The second kappa shape index (κ2) is 12.9. The van der Waals surface area contributed by atoms with E-state index in [0.29, 0.717) is 0 Å². The van der Waals surface area contributed by atoms with Crippen LogP contribution in [0.1, 0.15) is 0 Å². The fourth-order valence-electron chi connectivity index (χ4n) is 8.34. The molecule has 258 valence electrons. The van der Waals surface area contributed by atoms with Crippen LogP contribution in [0.3, 0.4) is 0 Å². The molecular formula is C52H34N2S. The van der Waals surface area contributed by atoms with Crippen molar-refractivity contribution in [1.29, 1.82) is 0 Å². The second-order valence-electron chi connectivity index (χ2n) is 14.2. The predicted octanol–water partition coefficient (Wildman–Crippen LogP) is 15.1. The zero-order valence-corrected chi connectivity index (χ0v) is 30.7. The summed E-state index contributed by atoms with van der Waals surface area (Å²) in [4.78, 5) is 2.38. The molecule has 11 rings (SSSR count). The van der Waals surface area contributed by atoms with Gasteiger partial charge in [-0.2, -0.15) is 0 Å². The van der Waals surface area contributed by atoms with Crippen molar-refractivity contribution in [2.75, 3.05) is 4.90 Å². The van der Waals surface area contributed by atoms with Gasteiger partial charge in [-0.15, -0.1) is 11.3 Å². The van der Waals surface area contributed by atoms with Crippen LogP contribution in [0.2, 0.25) is 0 Å². The Labute approximate surface area is 323 Å². The lowest BCUT2D eigenvalue weighted by atomic mass is 10.0. The van der Waals surface area contributed by atoms with Gasteiger partial charge < -0.3 is 9.47 Å². The Bertz CT molecular complexity index is 3210. The Hall–Kier alpha value is -6.94. The van der Waals surface area contributed by atoms with Crippen LogP contribution in [-0.4, -0.2) is 4.57 Å². The fourth-order valence-corrected chi connectivity index (χ4v) is 9.55. The molecule has 11 aromatic rings. The molecule has 2 nitrogen and oxygen atoms in total. The quantitative estimate of drug-likeness (QED) is 0.166. The summed E-state index contributed by atoms with van der Waals surface area (Å²) in [5.74, 6) is 0. The van der Waals surface area contributed by atoms with Crippen molar-refractivity contribution in [3.63, 3.8) is 0 Å². The maximum atomic E-state index is 2.46. The van der Waals surface area contributed by atoms with Crippen LogP contribution < -0.4 is 4.90 Å². The number of nitrogens with zero attached hydrogens (tertiary/aromatic N) is 2. The first-order valence-electron chi connectivity index (χ1n) is 18.8. The van der Waals surface area contributed by atoms with E-state index in [-0.39, 0.29) is 0 Å². The minimum Gasteiger partial charge on any atom is -0.310 e. The maximum Gasteiger partial charge on any atom is 0.0640 e. The van der Waals surface area contributed by atoms with Gasteiger partial charge >= 0.3 is 0 Å².